The molecule has 1 aromatic heterocycles. The number of aromatic nitrogens is 1. The maximum atomic E-state index is 10.4. The van der Waals surface area contributed by atoms with Gasteiger partial charge in [0.2, 0.25) is 0 Å². The van der Waals surface area contributed by atoms with E-state index in [1.807, 2.05) is 36.5 Å². The van der Waals surface area contributed by atoms with Gasteiger partial charge in [0.1, 0.15) is 18.5 Å². The van der Waals surface area contributed by atoms with Crippen molar-refractivity contribution in [1.29, 1.82) is 0 Å². The van der Waals surface area contributed by atoms with Crippen LogP contribution in [0.3, 0.4) is 0 Å². The first-order valence-corrected chi connectivity index (χ1v) is 9.19. The highest BCUT2D eigenvalue weighted by molar-refractivity contribution is 5.85. The van der Waals surface area contributed by atoms with Crippen LogP contribution in [-0.4, -0.2) is 60.4 Å². The zero-order valence-corrected chi connectivity index (χ0v) is 14.8. The monoisotopic (exact) mass is 351 g/mol. The molecule has 2 aromatic carbocycles. The van der Waals surface area contributed by atoms with Crippen molar-refractivity contribution in [3.05, 3.63) is 60.8 Å². The highest BCUT2D eigenvalue weighted by atomic mass is 16.5. The standard InChI is InChI=1S/C21H25N3O2/c25-18(16-26-21-8-4-7-20-19(21)9-10-22-20)15-23-11-13-24(14-12-23)17-5-2-1-3-6-17/h1-10,18,22,25H,11-16H2/t18-/m0/s1. The third kappa shape index (κ3) is 3.84. The number of anilines is 1. The summed E-state index contributed by atoms with van der Waals surface area (Å²) < 4.78 is 5.86. The van der Waals surface area contributed by atoms with Crippen LogP contribution in [0.4, 0.5) is 5.69 Å². The van der Waals surface area contributed by atoms with E-state index < -0.39 is 6.10 Å². The van der Waals surface area contributed by atoms with E-state index >= 15 is 0 Å². The van der Waals surface area contributed by atoms with Gasteiger partial charge in [-0.15, -0.1) is 0 Å². The zero-order chi connectivity index (χ0) is 17.8. The Labute approximate surface area is 153 Å². The van der Waals surface area contributed by atoms with E-state index in [-0.39, 0.29) is 0 Å². The number of nitrogens with one attached hydrogen (secondary N) is 1. The van der Waals surface area contributed by atoms with Crippen molar-refractivity contribution in [3.63, 3.8) is 0 Å². The van der Waals surface area contributed by atoms with Gasteiger partial charge in [0.15, 0.2) is 0 Å². The van der Waals surface area contributed by atoms with E-state index in [2.05, 4.69) is 39.0 Å². The van der Waals surface area contributed by atoms with E-state index in [1.165, 1.54) is 5.69 Å². The maximum absolute atomic E-state index is 10.4. The number of hydrogen-bond acceptors (Lipinski definition) is 4. The molecule has 1 fully saturated rings. The number of H-pyrrole nitrogens is 1. The molecule has 0 spiro atoms. The first-order chi connectivity index (χ1) is 12.8. The normalized spacial score (nSPS) is 16.7. The largest absolute Gasteiger partial charge is 0.490 e. The van der Waals surface area contributed by atoms with Gasteiger partial charge in [0.25, 0.3) is 0 Å². The van der Waals surface area contributed by atoms with Gasteiger partial charge in [-0.1, -0.05) is 24.3 Å². The number of aliphatic hydroxyl groups is 1. The fraction of sp³-hybridized carbons (Fsp3) is 0.333. The molecule has 2 heterocycles. The number of nitrogens with zero attached hydrogens (tertiary/aromatic N) is 2. The fourth-order valence-corrected chi connectivity index (χ4v) is 3.55. The molecule has 0 radical (unpaired) electrons. The van der Waals surface area contributed by atoms with Gasteiger partial charge in [0, 0.05) is 55.5 Å². The summed E-state index contributed by atoms with van der Waals surface area (Å²) in [5.74, 6) is 0.816. The molecule has 1 aliphatic rings. The number of rotatable bonds is 6. The van der Waals surface area contributed by atoms with Crippen LogP contribution in [0.5, 0.6) is 5.75 Å². The second-order valence-electron chi connectivity index (χ2n) is 6.78. The smallest absolute Gasteiger partial charge is 0.128 e. The molecule has 1 saturated heterocycles. The molecule has 3 aromatic rings. The molecule has 26 heavy (non-hydrogen) atoms. The molecule has 0 bridgehead atoms. The predicted molar refractivity (Wildman–Crippen MR) is 105 cm³/mol. The average Bonchev–Trinajstić information content (AvgIpc) is 3.17. The number of hydrogen-bond donors (Lipinski definition) is 2. The average molecular weight is 351 g/mol. The van der Waals surface area contributed by atoms with Gasteiger partial charge in [-0.05, 0) is 30.3 Å². The lowest BCUT2D eigenvalue weighted by Crippen LogP contribution is -2.49. The van der Waals surface area contributed by atoms with Crippen LogP contribution in [0.25, 0.3) is 10.9 Å². The summed E-state index contributed by atoms with van der Waals surface area (Å²) >= 11 is 0. The van der Waals surface area contributed by atoms with Gasteiger partial charge in [-0.25, -0.2) is 0 Å². The number of fused-ring (bicyclic) bond motifs is 1. The van der Waals surface area contributed by atoms with Crippen LogP contribution in [0, 0.1) is 0 Å². The lowest BCUT2D eigenvalue weighted by atomic mass is 10.2. The second-order valence-corrected chi connectivity index (χ2v) is 6.78. The first-order valence-electron chi connectivity index (χ1n) is 9.19. The van der Waals surface area contributed by atoms with Crippen LogP contribution in [0.15, 0.2) is 60.8 Å². The summed E-state index contributed by atoms with van der Waals surface area (Å²) in [5.41, 5.74) is 2.32. The summed E-state index contributed by atoms with van der Waals surface area (Å²) in [5, 5.41) is 11.4. The van der Waals surface area contributed by atoms with E-state index in [9.17, 15) is 5.11 Å². The molecule has 5 nitrogen and oxygen atoms in total. The number of ether oxygens (including phenoxy) is 1. The Morgan fingerprint density at radius 2 is 1.77 bits per heavy atom. The summed E-state index contributed by atoms with van der Waals surface area (Å²) in [4.78, 5) is 7.88. The third-order valence-corrected chi connectivity index (χ3v) is 4.95. The Hall–Kier alpha value is -2.50. The lowest BCUT2D eigenvalue weighted by Gasteiger charge is -2.36. The van der Waals surface area contributed by atoms with Crippen LogP contribution in [0.2, 0.25) is 0 Å². The molecular weight excluding hydrogens is 326 g/mol. The molecule has 2 N–H and O–H groups in total. The number of aromatic amines is 1. The molecule has 0 aliphatic carbocycles. The van der Waals surface area contributed by atoms with Crippen molar-refractivity contribution in [1.82, 2.24) is 9.88 Å². The molecule has 0 unspecified atom stereocenters. The summed E-state index contributed by atoms with van der Waals surface area (Å²) in [6.07, 6.45) is 1.41. The number of aliphatic hydroxyl groups excluding tert-OH is 1. The van der Waals surface area contributed by atoms with E-state index in [0.29, 0.717) is 13.2 Å². The summed E-state index contributed by atoms with van der Waals surface area (Å²) in [6.45, 7) is 4.84. The number of β-amino-alcohol motifs (C(OH)–C–C–N with tert-alkyl or cyclic N) is 1. The Bertz CT molecular complexity index is 825. The van der Waals surface area contributed by atoms with Crippen LogP contribution < -0.4 is 9.64 Å². The van der Waals surface area contributed by atoms with Crippen molar-refractivity contribution < 1.29 is 9.84 Å². The fourth-order valence-electron chi connectivity index (χ4n) is 3.55. The highest BCUT2D eigenvalue weighted by Gasteiger charge is 2.19. The Balaban J connectivity index is 1.25. The molecule has 4 rings (SSSR count). The minimum atomic E-state index is -0.493. The summed E-state index contributed by atoms with van der Waals surface area (Å²) in [6, 6.07) is 18.4. The maximum Gasteiger partial charge on any atom is 0.128 e. The van der Waals surface area contributed by atoms with Gasteiger partial charge in [-0.2, -0.15) is 0 Å². The molecule has 1 atom stereocenters. The molecular formula is C21H25N3O2. The quantitative estimate of drug-likeness (QED) is 0.717. The summed E-state index contributed by atoms with van der Waals surface area (Å²) in [7, 11) is 0. The van der Waals surface area contributed by atoms with Crippen molar-refractivity contribution in [2.24, 2.45) is 0 Å². The highest BCUT2D eigenvalue weighted by Crippen LogP contribution is 2.24. The van der Waals surface area contributed by atoms with Crippen molar-refractivity contribution in [2.75, 3.05) is 44.2 Å². The molecule has 1 aliphatic heterocycles. The Morgan fingerprint density at radius 1 is 0.962 bits per heavy atom. The van der Waals surface area contributed by atoms with Crippen LogP contribution in [-0.2, 0) is 0 Å². The van der Waals surface area contributed by atoms with Crippen LogP contribution in [0.1, 0.15) is 0 Å². The molecule has 5 heteroatoms. The number of piperazine rings is 1. The van der Waals surface area contributed by atoms with E-state index in [0.717, 1.165) is 42.8 Å². The number of para-hydroxylation sites is 1. The number of benzene rings is 2. The van der Waals surface area contributed by atoms with Gasteiger partial charge in [-0.3, -0.25) is 4.90 Å². The predicted octanol–water partition coefficient (Wildman–Crippen LogP) is 2.73. The van der Waals surface area contributed by atoms with Gasteiger partial charge in [0.05, 0.1) is 0 Å². The van der Waals surface area contributed by atoms with Crippen molar-refractivity contribution in [2.45, 2.75) is 6.10 Å². The molecule has 0 saturated carbocycles. The van der Waals surface area contributed by atoms with Crippen molar-refractivity contribution >= 4 is 16.6 Å². The van der Waals surface area contributed by atoms with E-state index in [1.54, 1.807) is 0 Å². The minimum absolute atomic E-state index is 0.309. The zero-order valence-electron chi connectivity index (χ0n) is 14.8. The molecule has 0 amide bonds. The van der Waals surface area contributed by atoms with Gasteiger partial charge >= 0.3 is 0 Å². The molecule has 136 valence electrons. The van der Waals surface area contributed by atoms with E-state index in [4.69, 9.17) is 4.74 Å². The Morgan fingerprint density at radius 3 is 2.58 bits per heavy atom. The first kappa shape index (κ1) is 16.9. The topological polar surface area (TPSA) is 51.7 Å². The lowest BCUT2D eigenvalue weighted by molar-refractivity contribution is 0.0668. The minimum Gasteiger partial charge on any atom is -0.490 e. The Kier molecular flexibility index (Phi) is 5.09. The second kappa shape index (κ2) is 7.81. The van der Waals surface area contributed by atoms with Crippen LogP contribution >= 0.6 is 0 Å². The van der Waals surface area contributed by atoms with Gasteiger partial charge < -0.3 is 19.7 Å². The van der Waals surface area contributed by atoms with Crippen molar-refractivity contribution in [3.8, 4) is 5.75 Å². The third-order valence-electron chi connectivity index (χ3n) is 4.95. The SMILES string of the molecule is O[C@H](COc1cccc2[nH]ccc12)CN1CCN(c2ccccc2)CC1.